The van der Waals surface area contributed by atoms with Gasteiger partial charge in [0.15, 0.2) is 0 Å². The highest BCUT2D eigenvalue weighted by Crippen LogP contribution is 2.19. The van der Waals surface area contributed by atoms with Crippen LogP contribution >= 0.6 is 0 Å². The van der Waals surface area contributed by atoms with Gasteiger partial charge >= 0.3 is 0 Å². The molecule has 0 aliphatic carbocycles. The molecule has 2 N–H and O–H groups in total. The Kier molecular flexibility index (Phi) is 4.36. The number of hydrogen-bond donors (Lipinski definition) is 1. The highest BCUT2D eigenvalue weighted by atomic mass is 32.2. The van der Waals surface area contributed by atoms with E-state index in [0.717, 1.165) is 0 Å². The quantitative estimate of drug-likeness (QED) is 0.640. The summed E-state index contributed by atoms with van der Waals surface area (Å²) >= 11 is 0. The van der Waals surface area contributed by atoms with Crippen LogP contribution in [0.1, 0.15) is 19.4 Å². The average Bonchev–Trinajstić information content (AvgIpc) is 2.14. The molecular weight excluding hydrogens is 240 g/mol. The van der Waals surface area contributed by atoms with Crippen LogP contribution < -0.4 is 5.73 Å². The molecule has 1 unspecified atom stereocenters. The van der Waals surface area contributed by atoms with Gasteiger partial charge in [-0.15, -0.1) is 0 Å². The largest absolute Gasteiger partial charge is 0.325 e. The van der Waals surface area contributed by atoms with Crippen molar-refractivity contribution in [1.82, 2.24) is 0 Å². The highest BCUT2D eigenvalue weighted by molar-refractivity contribution is 7.84. The van der Waals surface area contributed by atoms with Crippen LogP contribution in [0.5, 0.6) is 0 Å². The molecule has 1 rings (SSSR count). The molecule has 17 heavy (non-hydrogen) atoms. The second-order valence-corrected chi connectivity index (χ2v) is 6.06. The van der Waals surface area contributed by atoms with E-state index in [2.05, 4.69) is 0 Å². The summed E-state index contributed by atoms with van der Waals surface area (Å²) in [4.78, 5) is 10.3. The fraction of sp³-hybridized carbons (Fsp3) is 0.455. The lowest BCUT2D eigenvalue weighted by molar-refractivity contribution is -0.385. The molecule has 0 saturated carbocycles. The smallest absolute Gasteiger partial charge is 0.273 e. The van der Waals surface area contributed by atoms with Crippen LogP contribution in [-0.4, -0.2) is 20.4 Å². The minimum absolute atomic E-state index is 0.00989. The van der Waals surface area contributed by atoms with E-state index in [1.54, 1.807) is 32.0 Å². The first-order valence-electron chi connectivity index (χ1n) is 5.16. The summed E-state index contributed by atoms with van der Waals surface area (Å²) < 4.78 is 11.8. The predicted octanol–water partition coefficient (Wildman–Crippen LogP) is 1.58. The Bertz CT molecular complexity index is 441. The minimum atomic E-state index is -1.20. The molecule has 0 spiro atoms. The lowest BCUT2D eigenvalue weighted by atomic mass is 10.1. The van der Waals surface area contributed by atoms with Crippen LogP contribution in [0.4, 0.5) is 5.69 Å². The molecule has 0 heterocycles. The molecule has 0 bridgehead atoms. The maximum Gasteiger partial charge on any atom is 0.273 e. The van der Waals surface area contributed by atoms with E-state index in [0.29, 0.717) is 11.3 Å². The number of nitrogens with zero attached hydrogens (tertiary/aromatic N) is 1. The van der Waals surface area contributed by atoms with Crippen molar-refractivity contribution in [1.29, 1.82) is 0 Å². The zero-order valence-corrected chi connectivity index (χ0v) is 10.7. The third-order valence-electron chi connectivity index (χ3n) is 2.04. The molecule has 0 radical (unpaired) electrons. The van der Waals surface area contributed by atoms with Crippen LogP contribution in [-0.2, 0) is 16.6 Å². The fourth-order valence-corrected chi connectivity index (χ4v) is 2.97. The second-order valence-electron chi connectivity index (χ2n) is 4.60. The highest BCUT2D eigenvalue weighted by Gasteiger charge is 2.19. The molecule has 0 saturated heterocycles. The summed E-state index contributed by atoms with van der Waals surface area (Å²) in [5.41, 5.74) is 5.72. The van der Waals surface area contributed by atoms with Crippen molar-refractivity contribution in [2.45, 2.75) is 25.1 Å². The molecule has 0 aliphatic heterocycles. The van der Waals surface area contributed by atoms with Gasteiger partial charge in [-0.05, 0) is 13.8 Å². The fourth-order valence-electron chi connectivity index (χ4n) is 1.45. The molecule has 94 valence electrons. The Labute approximate surface area is 103 Å². The van der Waals surface area contributed by atoms with Crippen molar-refractivity contribution < 1.29 is 9.13 Å². The molecule has 0 amide bonds. The molecular formula is C11H16N2O3S. The van der Waals surface area contributed by atoms with Crippen molar-refractivity contribution in [2.75, 3.05) is 5.75 Å². The maximum atomic E-state index is 11.8. The Balaban J connectivity index is 2.82. The van der Waals surface area contributed by atoms with E-state index in [9.17, 15) is 14.3 Å². The maximum absolute atomic E-state index is 11.8. The summed E-state index contributed by atoms with van der Waals surface area (Å²) in [6, 6.07) is 6.34. The van der Waals surface area contributed by atoms with Crippen LogP contribution in [0.3, 0.4) is 0 Å². The first-order valence-corrected chi connectivity index (χ1v) is 6.64. The van der Waals surface area contributed by atoms with Crippen molar-refractivity contribution in [3.8, 4) is 0 Å². The van der Waals surface area contributed by atoms with Crippen LogP contribution in [0.15, 0.2) is 24.3 Å². The molecule has 0 aromatic heterocycles. The molecule has 1 aromatic carbocycles. The van der Waals surface area contributed by atoms with Crippen LogP contribution in [0.25, 0.3) is 0 Å². The standard InChI is InChI=1S/C11H16N2O3S/c1-11(2,12)8-17(16)7-9-5-3-4-6-10(9)13(14)15/h3-6H,7-8,12H2,1-2H3. The second kappa shape index (κ2) is 5.37. The van der Waals surface area contributed by atoms with Crippen molar-refractivity contribution in [3.05, 3.63) is 39.9 Å². The van der Waals surface area contributed by atoms with Crippen LogP contribution in [0.2, 0.25) is 0 Å². The van der Waals surface area contributed by atoms with Gasteiger partial charge in [-0.3, -0.25) is 14.3 Å². The number of nitro groups is 1. The van der Waals surface area contributed by atoms with Gasteiger partial charge < -0.3 is 5.73 Å². The van der Waals surface area contributed by atoms with Gasteiger partial charge in [0.2, 0.25) is 0 Å². The van der Waals surface area contributed by atoms with Gasteiger partial charge in [-0.1, -0.05) is 18.2 Å². The van der Waals surface area contributed by atoms with E-state index in [-0.39, 0.29) is 11.4 Å². The monoisotopic (exact) mass is 256 g/mol. The zero-order chi connectivity index (χ0) is 13.1. The number of hydrogen-bond acceptors (Lipinski definition) is 4. The average molecular weight is 256 g/mol. The number of benzene rings is 1. The van der Waals surface area contributed by atoms with Crippen LogP contribution in [0, 0.1) is 10.1 Å². The normalized spacial score (nSPS) is 13.4. The third kappa shape index (κ3) is 4.62. The van der Waals surface area contributed by atoms with E-state index in [4.69, 9.17) is 5.73 Å². The van der Waals surface area contributed by atoms with Gasteiger partial charge in [0.05, 0.1) is 10.7 Å². The lowest BCUT2D eigenvalue weighted by Crippen LogP contribution is -2.38. The molecule has 6 heteroatoms. The summed E-state index contributed by atoms with van der Waals surface area (Å²) in [5.74, 6) is 0.483. The van der Waals surface area contributed by atoms with E-state index in [1.165, 1.54) is 6.07 Å². The number of rotatable bonds is 5. The predicted molar refractivity (Wildman–Crippen MR) is 68.1 cm³/mol. The number of nitro benzene ring substituents is 1. The van der Waals surface area contributed by atoms with Gasteiger partial charge in [0, 0.05) is 33.7 Å². The summed E-state index contributed by atoms with van der Waals surface area (Å²) in [6.45, 7) is 3.56. The molecule has 1 aromatic rings. The van der Waals surface area contributed by atoms with Gasteiger partial charge in [-0.2, -0.15) is 0 Å². The first kappa shape index (κ1) is 13.8. The van der Waals surface area contributed by atoms with E-state index >= 15 is 0 Å². The van der Waals surface area contributed by atoms with Gasteiger partial charge in [0.25, 0.3) is 5.69 Å². The molecule has 0 aliphatic rings. The number of nitrogens with two attached hydrogens (primary N) is 1. The van der Waals surface area contributed by atoms with Crippen molar-refractivity contribution in [2.24, 2.45) is 5.73 Å². The Morgan fingerprint density at radius 1 is 1.41 bits per heavy atom. The lowest BCUT2D eigenvalue weighted by Gasteiger charge is -2.17. The molecule has 0 fully saturated rings. The molecule has 5 nitrogen and oxygen atoms in total. The number of para-hydroxylation sites is 1. The van der Waals surface area contributed by atoms with Gasteiger partial charge in [-0.25, -0.2) is 0 Å². The summed E-state index contributed by atoms with van der Waals surface area (Å²) in [7, 11) is -1.20. The Morgan fingerprint density at radius 2 is 2.00 bits per heavy atom. The third-order valence-corrected chi connectivity index (χ3v) is 3.74. The Hall–Kier alpha value is -1.27. The SMILES string of the molecule is CC(C)(N)CS(=O)Cc1ccccc1[N+](=O)[O-]. The molecule has 1 atom stereocenters. The van der Waals surface area contributed by atoms with E-state index in [1.807, 2.05) is 0 Å². The summed E-state index contributed by atoms with van der Waals surface area (Å²) in [5, 5.41) is 10.8. The topological polar surface area (TPSA) is 86.2 Å². The first-order chi connectivity index (χ1) is 7.79. The minimum Gasteiger partial charge on any atom is -0.325 e. The van der Waals surface area contributed by atoms with Gasteiger partial charge in [0.1, 0.15) is 0 Å². The summed E-state index contributed by atoms with van der Waals surface area (Å²) in [6.07, 6.45) is 0. The zero-order valence-electron chi connectivity index (χ0n) is 9.88. The van der Waals surface area contributed by atoms with E-state index < -0.39 is 21.3 Å². The Morgan fingerprint density at radius 3 is 2.53 bits per heavy atom. The van der Waals surface area contributed by atoms with Crippen molar-refractivity contribution >= 4 is 16.5 Å². The van der Waals surface area contributed by atoms with Crippen molar-refractivity contribution in [3.63, 3.8) is 0 Å².